The minimum absolute atomic E-state index is 0.420. The molecule has 0 bridgehead atoms. The highest BCUT2D eigenvalue weighted by atomic mass is 35.5. The van der Waals surface area contributed by atoms with Crippen LogP contribution < -0.4 is 0 Å². The number of thioether (sulfide) groups is 1. The topological polar surface area (TPSA) is 38.0 Å². The molecule has 16 heavy (non-hydrogen) atoms. The van der Waals surface area contributed by atoms with Crippen LogP contribution in [0.3, 0.4) is 0 Å². The van der Waals surface area contributed by atoms with Crippen LogP contribution in [0.25, 0.3) is 0 Å². The zero-order chi connectivity index (χ0) is 11.1. The largest absolute Gasteiger partial charge is 0.387 e. The number of fused-ring (bicyclic) bond motifs is 1. The summed E-state index contributed by atoms with van der Waals surface area (Å²) in [5, 5.41) is 10.5. The summed E-state index contributed by atoms with van der Waals surface area (Å²) < 4.78 is 2.16. The van der Waals surface area contributed by atoms with Crippen molar-refractivity contribution in [1.29, 1.82) is 0 Å². The van der Waals surface area contributed by atoms with E-state index in [1.165, 1.54) is 12.2 Å². The summed E-state index contributed by atoms with van der Waals surface area (Å²) >= 11 is 8.12. The van der Waals surface area contributed by atoms with Crippen LogP contribution in [0.15, 0.2) is 0 Å². The van der Waals surface area contributed by atoms with Gasteiger partial charge in [-0.25, -0.2) is 4.98 Å². The highest BCUT2D eigenvalue weighted by Gasteiger charge is 2.30. The summed E-state index contributed by atoms with van der Waals surface area (Å²) in [7, 11) is 0. The van der Waals surface area contributed by atoms with Gasteiger partial charge in [-0.15, -0.1) is 0 Å². The monoisotopic (exact) mass is 258 g/mol. The second kappa shape index (κ2) is 4.24. The van der Waals surface area contributed by atoms with Gasteiger partial charge in [-0.3, -0.25) is 0 Å². The van der Waals surface area contributed by atoms with E-state index in [9.17, 15) is 5.11 Å². The molecule has 2 aliphatic rings. The van der Waals surface area contributed by atoms with Crippen LogP contribution in [0.4, 0.5) is 0 Å². The second-order valence-corrected chi connectivity index (χ2v) is 6.02. The maximum Gasteiger partial charge on any atom is 0.153 e. The number of rotatable bonds is 1. The lowest BCUT2D eigenvalue weighted by Crippen LogP contribution is -2.18. The van der Waals surface area contributed by atoms with Crippen molar-refractivity contribution in [2.45, 2.75) is 37.8 Å². The number of nitrogens with zero attached hydrogens (tertiary/aromatic N) is 2. The molecule has 1 fully saturated rings. The van der Waals surface area contributed by atoms with E-state index in [1.54, 1.807) is 0 Å². The van der Waals surface area contributed by atoms with Crippen LogP contribution in [-0.2, 0) is 6.54 Å². The van der Waals surface area contributed by atoms with Crippen molar-refractivity contribution in [2.75, 3.05) is 11.5 Å². The van der Waals surface area contributed by atoms with E-state index in [-0.39, 0.29) is 0 Å². The lowest BCUT2D eigenvalue weighted by atomic mass is 10.1. The van der Waals surface area contributed by atoms with Crippen LogP contribution in [0.2, 0.25) is 5.15 Å². The second-order valence-electron chi connectivity index (χ2n) is 4.52. The summed E-state index contributed by atoms with van der Waals surface area (Å²) in [5.74, 6) is 3.99. The van der Waals surface area contributed by atoms with Gasteiger partial charge < -0.3 is 9.67 Å². The molecule has 1 saturated heterocycles. The summed E-state index contributed by atoms with van der Waals surface area (Å²) in [6.07, 6.45) is 2.60. The molecule has 5 heteroatoms. The fourth-order valence-corrected chi connectivity index (χ4v) is 4.17. The quantitative estimate of drug-likeness (QED) is 0.842. The van der Waals surface area contributed by atoms with E-state index in [0.29, 0.717) is 11.1 Å². The van der Waals surface area contributed by atoms with Gasteiger partial charge >= 0.3 is 0 Å². The third-order valence-corrected chi connectivity index (χ3v) is 4.90. The predicted octanol–water partition coefficient (Wildman–Crippen LogP) is 2.58. The molecule has 88 valence electrons. The molecule has 0 aromatic carbocycles. The normalized spacial score (nSPS) is 29.4. The first kappa shape index (κ1) is 10.9. The van der Waals surface area contributed by atoms with Crippen LogP contribution in [0.1, 0.15) is 42.8 Å². The molecule has 2 atom stereocenters. The Morgan fingerprint density at radius 2 is 2.31 bits per heavy atom. The molecular formula is C11H15ClN2OS. The van der Waals surface area contributed by atoms with Gasteiger partial charge in [0, 0.05) is 18.2 Å². The molecule has 3 heterocycles. The Bertz CT molecular complexity index is 401. The molecule has 2 unspecified atom stereocenters. The van der Waals surface area contributed by atoms with Crippen LogP contribution >= 0.6 is 23.4 Å². The standard InChI is InChI=1S/C11H15ClN2OS/c12-10-9-8(15)2-1-4-14(9)11(13-10)7-3-5-16-6-7/h7-8,15H,1-6H2. The molecule has 1 aromatic rings. The summed E-state index contributed by atoms with van der Waals surface area (Å²) in [4.78, 5) is 4.48. The Balaban J connectivity index is 2.02. The van der Waals surface area contributed by atoms with Crippen LogP contribution in [0, 0.1) is 0 Å². The van der Waals surface area contributed by atoms with Gasteiger partial charge in [0.15, 0.2) is 5.15 Å². The number of aliphatic hydroxyl groups excluding tert-OH is 1. The van der Waals surface area contributed by atoms with Gasteiger partial charge in [0.2, 0.25) is 0 Å². The van der Waals surface area contributed by atoms with Gasteiger partial charge in [0.1, 0.15) is 5.82 Å². The van der Waals surface area contributed by atoms with Crippen molar-refractivity contribution in [1.82, 2.24) is 9.55 Å². The van der Waals surface area contributed by atoms with E-state index in [1.807, 2.05) is 11.8 Å². The average Bonchev–Trinajstić information content (AvgIpc) is 2.86. The van der Waals surface area contributed by atoms with Crippen molar-refractivity contribution in [3.8, 4) is 0 Å². The maximum atomic E-state index is 9.95. The molecule has 0 amide bonds. The molecule has 0 saturated carbocycles. The lowest BCUT2D eigenvalue weighted by Gasteiger charge is -2.22. The van der Waals surface area contributed by atoms with Gasteiger partial charge in [0.05, 0.1) is 11.8 Å². The third-order valence-electron chi connectivity index (χ3n) is 3.46. The van der Waals surface area contributed by atoms with E-state index >= 15 is 0 Å². The molecule has 1 aromatic heterocycles. The van der Waals surface area contributed by atoms with Gasteiger partial charge in [-0.1, -0.05) is 11.6 Å². The van der Waals surface area contributed by atoms with Crippen LogP contribution in [-0.4, -0.2) is 26.2 Å². The molecule has 0 aliphatic carbocycles. The fraction of sp³-hybridized carbons (Fsp3) is 0.727. The molecule has 3 rings (SSSR count). The Morgan fingerprint density at radius 1 is 1.44 bits per heavy atom. The zero-order valence-corrected chi connectivity index (χ0v) is 10.6. The lowest BCUT2D eigenvalue weighted by molar-refractivity contribution is 0.138. The summed E-state index contributed by atoms with van der Waals surface area (Å²) in [6, 6.07) is 0. The van der Waals surface area contributed by atoms with E-state index in [2.05, 4.69) is 9.55 Å². The Hall–Kier alpha value is -0.190. The van der Waals surface area contributed by atoms with E-state index in [0.717, 1.165) is 36.7 Å². The van der Waals surface area contributed by atoms with Crippen molar-refractivity contribution < 1.29 is 5.11 Å². The number of hydrogen-bond acceptors (Lipinski definition) is 3. The first-order valence-electron chi connectivity index (χ1n) is 5.79. The molecular weight excluding hydrogens is 244 g/mol. The first-order chi connectivity index (χ1) is 7.77. The molecule has 2 aliphatic heterocycles. The number of imidazole rings is 1. The fourth-order valence-electron chi connectivity index (χ4n) is 2.63. The highest BCUT2D eigenvalue weighted by Crippen LogP contribution is 2.38. The highest BCUT2D eigenvalue weighted by molar-refractivity contribution is 7.99. The van der Waals surface area contributed by atoms with Crippen LogP contribution in [0.5, 0.6) is 0 Å². The number of aromatic nitrogens is 2. The van der Waals surface area contributed by atoms with Crippen molar-refractivity contribution >= 4 is 23.4 Å². The summed E-state index contributed by atoms with van der Waals surface area (Å²) in [6.45, 7) is 0.961. The molecule has 1 N–H and O–H groups in total. The predicted molar refractivity (Wildman–Crippen MR) is 66.1 cm³/mol. The third kappa shape index (κ3) is 1.67. The first-order valence-corrected chi connectivity index (χ1v) is 7.32. The Morgan fingerprint density at radius 3 is 3.06 bits per heavy atom. The maximum absolute atomic E-state index is 9.95. The molecule has 0 radical (unpaired) electrons. The average molecular weight is 259 g/mol. The van der Waals surface area contributed by atoms with Gasteiger partial charge in [-0.2, -0.15) is 11.8 Å². The SMILES string of the molecule is OC1CCCn2c(C3CCSC3)nc(Cl)c21. The Labute approximate surface area is 104 Å². The number of aliphatic hydroxyl groups is 1. The van der Waals surface area contributed by atoms with Crippen molar-refractivity contribution in [2.24, 2.45) is 0 Å². The van der Waals surface area contributed by atoms with Gasteiger partial charge in [0.25, 0.3) is 0 Å². The van der Waals surface area contributed by atoms with Crippen molar-refractivity contribution in [3.63, 3.8) is 0 Å². The van der Waals surface area contributed by atoms with Crippen molar-refractivity contribution in [3.05, 3.63) is 16.7 Å². The van der Waals surface area contributed by atoms with E-state index < -0.39 is 6.10 Å². The number of halogens is 1. The number of hydrogen-bond donors (Lipinski definition) is 1. The Kier molecular flexibility index (Phi) is 2.90. The minimum Gasteiger partial charge on any atom is -0.387 e. The van der Waals surface area contributed by atoms with Gasteiger partial charge in [-0.05, 0) is 25.0 Å². The summed E-state index contributed by atoms with van der Waals surface area (Å²) in [5.41, 5.74) is 0.847. The molecule has 3 nitrogen and oxygen atoms in total. The molecule has 0 spiro atoms. The minimum atomic E-state index is -0.420. The zero-order valence-electron chi connectivity index (χ0n) is 9.03. The smallest absolute Gasteiger partial charge is 0.153 e. The van der Waals surface area contributed by atoms with E-state index in [4.69, 9.17) is 11.6 Å².